The number of ether oxygens (including phenoxy) is 2. The molecule has 6 heteroatoms. The molecule has 1 aromatic rings. The van der Waals surface area contributed by atoms with E-state index in [-0.39, 0.29) is 6.54 Å². The van der Waals surface area contributed by atoms with Gasteiger partial charge in [-0.15, -0.1) is 0 Å². The molecule has 0 saturated heterocycles. The normalized spacial score (nSPS) is 12.4. The average molecular weight is 336 g/mol. The van der Waals surface area contributed by atoms with Crippen LogP contribution in [-0.2, 0) is 20.8 Å². The topological polar surface area (TPSA) is 81.9 Å². The van der Waals surface area contributed by atoms with Crippen molar-refractivity contribution >= 4 is 12.1 Å². The predicted molar refractivity (Wildman–Crippen MR) is 92.3 cm³/mol. The van der Waals surface area contributed by atoms with Gasteiger partial charge in [0.15, 0.2) is 0 Å². The number of carbonyl (C=O) groups is 2. The smallest absolute Gasteiger partial charge is 0.411 e. The molecule has 134 valence electrons. The first-order valence-electron chi connectivity index (χ1n) is 8.10. The molecule has 0 unspecified atom stereocenters. The van der Waals surface area contributed by atoms with Crippen molar-refractivity contribution in [2.45, 2.75) is 51.8 Å². The molecule has 1 atom stereocenters. The van der Waals surface area contributed by atoms with Crippen LogP contribution in [0, 0.1) is 0 Å². The molecule has 1 aromatic carbocycles. The molecule has 0 saturated carbocycles. The van der Waals surface area contributed by atoms with Crippen LogP contribution in [0.5, 0.6) is 0 Å². The largest absolute Gasteiger partial charge is 0.467 e. The molecule has 0 heterocycles. The van der Waals surface area contributed by atoms with Crippen LogP contribution in [-0.4, -0.2) is 42.3 Å². The number of benzene rings is 1. The van der Waals surface area contributed by atoms with E-state index in [4.69, 9.17) is 15.2 Å². The molecule has 24 heavy (non-hydrogen) atoms. The number of hydrogen-bond donors (Lipinski definition) is 1. The molecule has 0 fully saturated rings. The van der Waals surface area contributed by atoms with Crippen LogP contribution < -0.4 is 5.73 Å². The van der Waals surface area contributed by atoms with E-state index < -0.39 is 23.7 Å². The fourth-order valence-electron chi connectivity index (χ4n) is 2.25. The van der Waals surface area contributed by atoms with Gasteiger partial charge in [-0.1, -0.05) is 30.3 Å². The number of methoxy groups -OCH3 is 1. The summed E-state index contributed by atoms with van der Waals surface area (Å²) in [4.78, 5) is 26.3. The van der Waals surface area contributed by atoms with Gasteiger partial charge in [0.25, 0.3) is 0 Å². The maximum atomic E-state index is 12.7. The van der Waals surface area contributed by atoms with Crippen molar-refractivity contribution in [3.05, 3.63) is 35.9 Å². The Bertz CT molecular complexity index is 526. The highest BCUT2D eigenvalue weighted by atomic mass is 16.6. The van der Waals surface area contributed by atoms with Crippen molar-refractivity contribution in [2.24, 2.45) is 5.73 Å². The Morgan fingerprint density at radius 3 is 2.33 bits per heavy atom. The van der Waals surface area contributed by atoms with E-state index in [1.54, 1.807) is 20.8 Å². The summed E-state index contributed by atoms with van der Waals surface area (Å²) in [7, 11) is 1.31. The van der Waals surface area contributed by atoms with Crippen LogP contribution in [0.1, 0.15) is 39.2 Å². The lowest BCUT2D eigenvalue weighted by Gasteiger charge is -2.32. The highest BCUT2D eigenvalue weighted by Gasteiger charge is 2.33. The van der Waals surface area contributed by atoms with Gasteiger partial charge in [-0.05, 0) is 45.7 Å². The number of esters is 1. The molecule has 0 radical (unpaired) electrons. The second-order valence-corrected chi connectivity index (χ2v) is 6.56. The van der Waals surface area contributed by atoms with E-state index in [1.807, 2.05) is 30.3 Å². The molecular formula is C18H28N2O4. The van der Waals surface area contributed by atoms with E-state index in [2.05, 4.69) is 0 Å². The van der Waals surface area contributed by atoms with Crippen molar-refractivity contribution in [3.63, 3.8) is 0 Å². The summed E-state index contributed by atoms with van der Waals surface area (Å²) < 4.78 is 10.4. The van der Waals surface area contributed by atoms with E-state index >= 15 is 0 Å². The Balaban J connectivity index is 3.07. The first-order valence-corrected chi connectivity index (χ1v) is 8.10. The zero-order chi connectivity index (χ0) is 18.2. The van der Waals surface area contributed by atoms with Crippen molar-refractivity contribution in [1.29, 1.82) is 0 Å². The third-order valence-corrected chi connectivity index (χ3v) is 3.35. The number of nitrogens with zero attached hydrogens (tertiary/aromatic N) is 1. The average Bonchev–Trinajstić information content (AvgIpc) is 2.53. The third-order valence-electron chi connectivity index (χ3n) is 3.35. The van der Waals surface area contributed by atoms with Crippen LogP contribution >= 0.6 is 0 Å². The lowest BCUT2D eigenvalue weighted by atomic mass is 10.1. The summed E-state index contributed by atoms with van der Waals surface area (Å²) in [5.74, 6) is -0.467. The molecule has 0 aliphatic carbocycles. The molecule has 6 nitrogen and oxygen atoms in total. The van der Waals surface area contributed by atoms with Gasteiger partial charge in [-0.3, -0.25) is 4.90 Å². The van der Waals surface area contributed by atoms with Crippen molar-refractivity contribution in [3.8, 4) is 0 Å². The Hall–Kier alpha value is -2.08. The van der Waals surface area contributed by atoms with Crippen molar-refractivity contribution in [2.75, 3.05) is 13.7 Å². The number of amides is 1. The summed E-state index contributed by atoms with van der Waals surface area (Å²) in [6, 6.07) is 8.73. The highest BCUT2D eigenvalue weighted by molar-refractivity contribution is 5.81. The number of rotatable bonds is 7. The first-order chi connectivity index (χ1) is 11.3. The van der Waals surface area contributed by atoms with Gasteiger partial charge in [0, 0.05) is 6.54 Å². The molecule has 0 spiro atoms. The van der Waals surface area contributed by atoms with Crippen LogP contribution in [0.3, 0.4) is 0 Å². The fraction of sp³-hybridized carbons (Fsp3) is 0.556. The van der Waals surface area contributed by atoms with Gasteiger partial charge in [0.05, 0.1) is 7.11 Å². The van der Waals surface area contributed by atoms with Crippen LogP contribution in [0.2, 0.25) is 0 Å². The van der Waals surface area contributed by atoms with E-state index in [0.717, 1.165) is 5.56 Å². The van der Waals surface area contributed by atoms with E-state index in [9.17, 15) is 9.59 Å². The highest BCUT2D eigenvalue weighted by Crippen LogP contribution is 2.18. The molecule has 0 aliphatic rings. The molecule has 2 N–H and O–H groups in total. The third kappa shape index (κ3) is 6.58. The Kier molecular flexibility index (Phi) is 7.71. The van der Waals surface area contributed by atoms with Crippen molar-refractivity contribution in [1.82, 2.24) is 4.90 Å². The van der Waals surface area contributed by atoms with Crippen LogP contribution in [0.15, 0.2) is 30.3 Å². The van der Waals surface area contributed by atoms with Gasteiger partial charge in [-0.2, -0.15) is 0 Å². The fourth-order valence-corrected chi connectivity index (χ4v) is 2.25. The lowest BCUT2D eigenvalue weighted by molar-refractivity contribution is -0.147. The van der Waals surface area contributed by atoms with Gasteiger partial charge in [0.1, 0.15) is 11.6 Å². The Labute approximate surface area is 143 Å². The van der Waals surface area contributed by atoms with Gasteiger partial charge in [0.2, 0.25) is 0 Å². The van der Waals surface area contributed by atoms with Gasteiger partial charge < -0.3 is 15.2 Å². The van der Waals surface area contributed by atoms with Gasteiger partial charge >= 0.3 is 12.1 Å². The maximum Gasteiger partial charge on any atom is 0.411 e. The zero-order valence-electron chi connectivity index (χ0n) is 15.0. The summed E-state index contributed by atoms with van der Waals surface area (Å²) in [6.07, 6.45) is 0.488. The van der Waals surface area contributed by atoms with Gasteiger partial charge in [-0.25, -0.2) is 9.59 Å². The SMILES string of the molecule is COC(=O)[C@H](CCCN)N(Cc1ccccc1)C(=O)OC(C)(C)C. The number of nitrogens with two attached hydrogens (primary N) is 1. The standard InChI is InChI=1S/C18H28N2O4/c1-18(2,3)24-17(22)20(13-14-9-6-5-7-10-14)15(11-8-12-19)16(21)23-4/h5-7,9-10,15H,8,11-13,19H2,1-4H3/t15-/m0/s1. The van der Waals surface area contributed by atoms with Crippen LogP contribution in [0.25, 0.3) is 0 Å². The number of carbonyl (C=O) groups excluding carboxylic acids is 2. The summed E-state index contributed by atoms with van der Waals surface area (Å²) in [5.41, 5.74) is 5.82. The molecule has 1 rings (SSSR count). The van der Waals surface area contributed by atoms with E-state index in [1.165, 1.54) is 12.0 Å². The first kappa shape index (κ1) is 20.0. The van der Waals surface area contributed by atoms with Crippen LogP contribution in [0.4, 0.5) is 4.79 Å². The minimum Gasteiger partial charge on any atom is -0.467 e. The Morgan fingerprint density at radius 1 is 1.21 bits per heavy atom. The minimum absolute atomic E-state index is 0.264. The maximum absolute atomic E-state index is 12.7. The molecular weight excluding hydrogens is 308 g/mol. The summed E-state index contributed by atoms with van der Waals surface area (Å²) in [6.45, 7) is 6.07. The summed E-state index contributed by atoms with van der Waals surface area (Å²) >= 11 is 0. The second-order valence-electron chi connectivity index (χ2n) is 6.56. The summed E-state index contributed by atoms with van der Waals surface area (Å²) in [5, 5.41) is 0. The molecule has 0 aliphatic heterocycles. The van der Waals surface area contributed by atoms with Crippen molar-refractivity contribution < 1.29 is 19.1 Å². The lowest BCUT2D eigenvalue weighted by Crippen LogP contribution is -2.47. The molecule has 0 aromatic heterocycles. The quantitative estimate of drug-likeness (QED) is 0.774. The minimum atomic E-state index is -0.728. The predicted octanol–water partition coefficient (Wildman–Crippen LogP) is 2.70. The Morgan fingerprint density at radius 2 is 1.83 bits per heavy atom. The molecule has 0 bridgehead atoms. The second kappa shape index (κ2) is 9.27. The molecule has 1 amide bonds. The number of hydrogen-bond acceptors (Lipinski definition) is 5. The van der Waals surface area contributed by atoms with E-state index in [0.29, 0.717) is 19.4 Å². The zero-order valence-corrected chi connectivity index (χ0v) is 15.0. The monoisotopic (exact) mass is 336 g/mol.